The molecular formula is C29H29NO2. The molecule has 1 aliphatic carbocycles. The predicted octanol–water partition coefficient (Wildman–Crippen LogP) is 5.87. The van der Waals surface area contributed by atoms with Gasteiger partial charge in [0, 0.05) is 12.6 Å². The van der Waals surface area contributed by atoms with Crippen LogP contribution in [0.4, 0.5) is 0 Å². The van der Waals surface area contributed by atoms with E-state index in [2.05, 4.69) is 65.6 Å². The molecule has 1 aliphatic heterocycles. The minimum Gasteiger partial charge on any atom is -0.460 e. The smallest absolute Gasteiger partial charge is 0.323 e. The minimum atomic E-state index is -0.197. The van der Waals surface area contributed by atoms with Gasteiger partial charge in [-0.25, -0.2) is 0 Å². The molecule has 0 saturated carbocycles. The van der Waals surface area contributed by atoms with Crippen molar-refractivity contribution >= 4 is 11.5 Å². The number of hydrogen-bond acceptors (Lipinski definition) is 3. The highest BCUT2D eigenvalue weighted by Gasteiger charge is 2.46. The molecule has 3 unspecified atom stereocenters. The fourth-order valence-electron chi connectivity index (χ4n) is 5.19. The molecule has 0 bridgehead atoms. The number of hydrogen-bond donors (Lipinski definition) is 0. The standard InChI is InChI=1S/C29H29NO2/c31-29(32-21-23-12-6-2-7-13-23)28-19-26-17-16-25(24-14-8-3-9-15-24)18-27(26)30(28)20-22-10-4-1-5-11-22/h1-16,26-28H,17-21H2. The maximum Gasteiger partial charge on any atom is 0.323 e. The van der Waals surface area contributed by atoms with Crippen LogP contribution in [-0.2, 0) is 22.7 Å². The van der Waals surface area contributed by atoms with E-state index in [-0.39, 0.29) is 12.0 Å². The van der Waals surface area contributed by atoms with Crippen LogP contribution in [0.2, 0.25) is 0 Å². The lowest BCUT2D eigenvalue weighted by atomic mass is 9.82. The summed E-state index contributed by atoms with van der Waals surface area (Å²) in [4.78, 5) is 15.6. The zero-order valence-corrected chi connectivity index (χ0v) is 18.3. The van der Waals surface area contributed by atoms with E-state index in [1.807, 2.05) is 36.4 Å². The van der Waals surface area contributed by atoms with E-state index in [4.69, 9.17) is 4.74 Å². The highest BCUT2D eigenvalue weighted by atomic mass is 16.5. The monoisotopic (exact) mass is 423 g/mol. The summed E-state index contributed by atoms with van der Waals surface area (Å²) in [6, 6.07) is 31.2. The van der Waals surface area contributed by atoms with E-state index in [0.29, 0.717) is 18.6 Å². The van der Waals surface area contributed by atoms with Crippen LogP contribution in [0.25, 0.3) is 5.57 Å². The molecule has 0 spiro atoms. The Morgan fingerprint density at radius 2 is 1.47 bits per heavy atom. The number of carbonyl (C=O) groups excluding carboxylic acids is 1. The van der Waals surface area contributed by atoms with E-state index >= 15 is 0 Å². The maximum atomic E-state index is 13.2. The predicted molar refractivity (Wildman–Crippen MR) is 128 cm³/mol. The maximum absolute atomic E-state index is 13.2. The Balaban J connectivity index is 1.36. The van der Waals surface area contributed by atoms with Gasteiger partial charge in [0.15, 0.2) is 0 Å². The molecule has 162 valence electrons. The largest absolute Gasteiger partial charge is 0.460 e. The summed E-state index contributed by atoms with van der Waals surface area (Å²) in [7, 11) is 0. The molecule has 0 N–H and O–H groups in total. The van der Waals surface area contributed by atoms with E-state index in [0.717, 1.165) is 31.4 Å². The fourth-order valence-corrected chi connectivity index (χ4v) is 5.19. The second-order valence-corrected chi connectivity index (χ2v) is 8.87. The SMILES string of the molecule is O=C(OCc1ccccc1)C1CC2CC=C(c3ccccc3)CC2N1Cc1ccccc1. The van der Waals surface area contributed by atoms with E-state index in [1.54, 1.807) is 0 Å². The van der Waals surface area contributed by atoms with Gasteiger partial charge in [0.2, 0.25) is 0 Å². The summed E-state index contributed by atoms with van der Waals surface area (Å²) in [5, 5.41) is 0. The van der Waals surface area contributed by atoms with Crippen molar-refractivity contribution in [1.29, 1.82) is 0 Å². The molecule has 1 saturated heterocycles. The topological polar surface area (TPSA) is 29.5 Å². The van der Waals surface area contributed by atoms with Crippen molar-refractivity contribution in [3.8, 4) is 0 Å². The van der Waals surface area contributed by atoms with Crippen LogP contribution < -0.4 is 0 Å². The number of likely N-dealkylation sites (tertiary alicyclic amines) is 1. The van der Waals surface area contributed by atoms with Crippen molar-refractivity contribution in [2.45, 2.75) is 44.5 Å². The third-order valence-corrected chi connectivity index (χ3v) is 6.84. The Labute approximate surface area is 190 Å². The Morgan fingerprint density at radius 1 is 0.844 bits per heavy atom. The summed E-state index contributed by atoms with van der Waals surface area (Å²) < 4.78 is 5.80. The minimum absolute atomic E-state index is 0.0968. The van der Waals surface area contributed by atoms with Crippen LogP contribution in [0.1, 0.15) is 36.0 Å². The molecule has 3 aromatic carbocycles. The lowest BCUT2D eigenvalue weighted by molar-refractivity contribution is -0.151. The van der Waals surface area contributed by atoms with Gasteiger partial charge in [-0.1, -0.05) is 97.1 Å². The molecule has 0 aromatic heterocycles. The lowest BCUT2D eigenvalue weighted by Gasteiger charge is -2.33. The summed E-state index contributed by atoms with van der Waals surface area (Å²) >= 11 is 0. The Bertz CT molecular complexity index is 1060. The number of esters is 1. The third kappa shape index (κ3) is 4.53. The number of fused-ring (bicyclic) bond motifs is 1. The molecule has 5 rings (SSSR count). The fraction of sp³-hybridized carbons (Fsp3) is 0.276. The van der Waals surface area contributed by atoms with E-state index in [9.17, 15) is 4.79 Å². The summed E-state index contributed by atoms with van der Waals surface area (Å²) in [5.74, 6) is 0.390. The van der Waals surface area contributed by atoms with Crippen LogP contribution in [0.15, 0.2) is 97.1 Å². The molecule has 0 radical (unpaired) electrons. The lowest BCUT2D eigenvalue weighted by Crippen LogP contribution is -2.42. The van der Waals surface area contributed by atoms with Crippen LogP contribution in [0.3, 0.4) is 0 Å². The third-order valence-electron chi connectivity index (χ3n) is 6.84. The zero-order valence-electron chi connectivity index (χ0n) is 18.3. The van der Waals surface area contributed by atoms with Gasteiger partial charge in [-0.15, -0.1) is 0 Å². The molecule has 32 heavy (non-hydrogen) atoms. The molecule has 3 aromatic rings. The number of allylic oxidation sites excluding steroid dienone is 1. The molecule has 3 nitrogen and oxygen atoms in total. The highest BCUT2D eigenvalue weighted by molar-refractivity contribution is 5.77. The second kappa shape index (κ2) is 9.54. The highest BCUT2D eigenvalue weighted by Crippen LogP contribution is 2.43. The molecule has 3 heteroatoms. The summed E-state index contributed by atoms with van der Waals surface area (Å²) in [6.07, 6.45) is 5.24. The van der Waals surface area contributed by atoms with Gasteiger partial charge in [-0.05, 0) is 47.4 Å². The quantitative estimate of drug-likeness (QED) is 0.465. The zero-order chi connectivity index (χ0) is 21.8. The van der Waals surface area contributed by atoms with Crippen molar-refractivity contribution in [1.82, 2.24) is 4.90 Å². The van der Waals surface area contributed by atoms with Gasteiger partial charge in [0.1, 0.15) is 12.6 Å². The number of benzene rings is 3. The number of ether oxygens (including phenoxy) is 1. The van der Waals surface area contributed by atoms with Crippen molar-refractivity contribution in [2.24, 2.45) is 5.92 Å². The first kappa shape index (κ1) is 20.7. The first-order valence-corrected chi connectivity index (χ1v) is 11.5. The van der Waals surface area contributed by atoms with Gasteiger partial charge in [0.25, 0.3) is 0 Å². The molecule has 1 heterocycles. The van der Waals surface area contributed by atoms with Crippen molar-refractivity contribution < 1.29 is 9.53 Å². The van der Waals surface area contributed by atoms with Crippen molar-refractivity contribution in [2.75, 3.05) is 0 Å². The number of nitrogens with zero attached hydrogens (tertiary/aromatic N) is 1. The molecule has 1 fully saturated rings. The van der Waals surface area contributed by atoms with E-state index < -0.39 is 0 Å². The molecule has 0 amide bonds. The average Bonchev–Trinajstić information content (AvgIpc) is 3.22. The van der Waals surface area contributed by atoms with Gasteiger partial charge in [-0.3, -0.25) is 9.69 Å². The van der Waals surface area contributed by atoms with Crippen LogP contribution in [0.5, 0.6) is 0 Å². The normalized spacial score (nSPS) is 22.8. The first-order valence-electron chi connectivity index (χ1n) is 11.5. The summed E-state index contributed by atoms with van der Waals surface area (Å²) in [6.45, 7) is 1.10. The number of carbonyl (C=O) groups is 1. The van der Waals surface area contributed by atoms with Gasteiger partial charge >= 0.3 is 5.97 Å². The van der Waals surface area contributed by atoms with Gasteiger partial charge < -0.3 is 4.74 Å². The first-order chi connectivity index (χ1) is 15.8. The molecule has 2 aliphatic rings. The molecule has 3 atom stereocenters. The van der Waals surface area contributed by atoms with Gasteiger partial charge in [0.05, 0.1) is 0 Å². The number of rotatable bonds is 6. The van der Waals surface area contributed by atoms with Crippen LogP contribution in [-0.4, -0.2) is 23.0 Å². The second-order valence-electron chi connectivity index (χ2n) is 8.87. The van der Waals surface area contributed by atoms with Crippen molar-refractivity contribution in [3.63, 3.8) is 0 Å². The Kier molecular flexibility index (Phi) is 6.17. The van der Waals surface area contributed by atoms with Crippen molar-refractivity contribution in [3.05, 3.63) is 114 Å². The van der Waals surface area contributed by atoms with Gasteiger partial charge in [-0.2, -0.15) is 0 Å². The average molecular weight is 424 g/mol. The Hall–Kier alpha value is -3.17. The Morgan fingerprint density at radius 3 is 2.16 bits per heavy atom. The molecular weight excluding hydrogens is 394 g/mol. The van der Waals surface area contributed by atoms with Crippen LogP contribution >= 0.6 is 0 Å². The summed E-state index contributed by atoms with van der Waals surface area (Å²) in [5.41, 5.74) is 4.95. The van der Waals surface area contributed by atoms with E-state index in [1.165, 1.54) is 16.7 Å². The van der Waals surface area contributed by atoms with Crippen LogP contribution in [0, 0.1) is 5.92 Å².